The molecule has 3 aromatic rings. The number of hydrogen-bond donors (Lipinski definition) is 3. The minimum absolute atomic E-state index is 0.0172. The average molecular weight is 412 g/mol. The van der Waals surface area contributed by atoms with E-state index in [2.05, 4.69) is 69.4 Å². The Balaban J connectivity index is 1.58. The summed E-state index contributed by atoms with van der Waals surface area (Å²) in [7, 11) is 3.49. The van der Waals surface area contributed by atoms with E-state index < -0.39 is 0 Å². The van der Waals surface area contributed by atoms with Crippen LogP contribution in [0, 0.1) is 6.92 Å². The first-order valence-corrected chi connectivity index (χ1v) is 10.7. The van der Waals surface area contributed by atoms with Crippen molar-refractivity contribution >= 4 is 34.1 Å². The van der Waals surface area contributed by atoms with Crippen molar-refractivity contribution in [3.8, 4) is 0 Å². The molecule has 0 saturated carbocycles. The van der Waals surface area contributed by atoms with Crippen LogP contribution in [0.3, 0.4) is 0 Å². The number of thiophene rings is 1. The van der Waals surface area contributed by atoms with Crippen LogP contribution in [0.5, 0.6) is 0 Å². The number of benzene rings is 1. The summed E-state index contributed by atoms with van der Waals surface area (Å²) < 4.78 is 0. The molecule has 0 atom stereocenters. The molecule has 1 amide bonds. The number of rotatable bonds is 8. The number of para-hydroxylation sites is 1. The van der Waals surface area contributed by atoms with Crippen molar-refractivity contribution in [2.75, 3.05) is 33.7 Å². The summed E-state index contributed by atoms with van der Waals surface area (Å²) in [6, 6.07) is 10.6. The van der Waals surface area contributed by atoms with Crippen LogP contribution in [-0.2, 0) is 17.6 Å². The van der Waals surface area contributed by atoms with E-state index in [0.717, 1.165) is 25.9 Å². The number of H-pyrrole nitrogens is 1. The molecule has 2 heterocycles. The third kappa shape index (κ3) is 5.84. The van der Waals surface area contributed by atoms with Crippen LogP contribution < -0.4 is 10.6 Å². The van der Waals surface area contributed by atoms with Crippen LogP contribution in [0.25, 0.3) is 10.9 Å². The number of likely N-dealkylation sites (N-methyl/N-ethyl adjacent to an activating group) is 1. The van der Waals surface area contributed by atoms with E-state index in [0.29, 0.717) is 5.96 Å². The summed E-state index contributed by atoms with van der Waals surface area (Å²) in [5.74, 6) is 0.657. The van der Waals surface area contributed by atoms with Gasteiger partial charge in [0.15, 0.2) is 5.96 Å². The van der Waals surface area contributed by atoms with Crippen LogP contribution in [0.1, 0.15) is 16.0 Å². The molecule has 154 valence electrons. The molecule has 0 bridgehead atoms. The number of aryl methyl sites for hydroxylation is 1. The maximum Gasteiger partial charge on any atom is 0.243 e. The van der Waals surface area contributed by atoms with Gasteiger partial charge in [-0.05, 0) is 42.3 Å². The molecule has 0 radical (unpaired) electrons. The normalized spacial score (nSPS) is 11.6. The zero-order chi connectivity index (χ0) is 20.6. The Morgan fingerprint density at radius 2 is 1.93 bits per heavy atom. The molecule has 2 aromatic heterocycles. The molecule has 0 aliphatic rings. The number of aliphatic imine (C=N–C) groups is 1. The molecule has 0 spiro atoms. The number of amides is 1. The number of nitrogens with one attached hydrogen (secondary N) is 3. The van der Waals surface area contributed by atoms with Gasteiger partial charge in [-0.3, -0.25) is 4.79 Å². The molecular formula is C22H29N5OS. The highest BCUT2D eigenvalue weighted by atomic mass is 32.1. The predicted molar refractivity (Wildman–Crippen MR) is 122 cm³/mol. The van der Waals surface area contributed by atoms with Gasteiger partial charge in [0.1, 0.15) is 6.54 Å². The number of carbonyl (C=O) groups excluding carboxylic acids is 1. The molecular weight excluding hydrogens is 382 g/mol. The van der Waals surface area contributed by atoms with Gasteiger partial charge in [-0.15, -0.1) is 11.3 Å². The van der Waals surface area contributed by atoms with Crippen LogP contribution >= 0.6 is 11.3 Å². The van der Waals surface area contributed by atoms with Crippen LogP contribution in [0.2, 0.25) is 0 Å². The molecule has 1 aromatic carbocycles. The highest BCUT2D eigenvalue weighted by Gasteiger charge is 2.07. The van der Waals surface area contributed by atoms with Gasteiger partial charge < -0.3 is 20.5 Å². The zero-order valence-electron chi connectivity index (χ0n) is 17.3. The molecule has 0 aliphatic carbocycles. The van der Waals surface area contributed by atoms with E-state index in [4.69, 9.17) is 0 Å². The zero-order valence-corrected chi connectivity index (χ0v) is 18.1. The first-order chi connectivity index (χ1) is 14.0. The van der Waals surface area contributed by atoms with Crippen molar-refractivity contribution < 1.29 is 4.79 Å². The second-order valence-electron chi connectivity index (χ2n) is 7.20. The lowest BCUT2D eigenvalue weighted by Crippen LogP contribution is -2.40. The van der Waals surface area contributed by atoms with Gasteiger partial charge in [-0.25, -0.2) is 4.99 Å². The van der Waals surface area contributed by atoms with Crippen molar-refractivity contribution in [2.45, 2.75) is 19.8 Å². The Hall–Kier alpha value is -2.80. The molecule has 0 aliphatic heterocycles. The minimum atomic E-state index is -0.0172. The van der Waals surface area contributed by atoms with Gasteiger partial charge in [0, 0.05) is 49.2 Å². The Morgan fingerprint density at radius 1 is 1.14 bits per heavy atom. The summed E-state index contributed by atoms with van der Waals surface area (Å²) in [5.41, 5.74) is 3.72. The smallest absolute Gasteiger partial charge is 0.243 e. The maximum absolute atomic E-state index is 11.9. The largest absolute Gasteiger partial charge is 0.361 e. The van der Waals surface area contributed by atoms with E-state index in [1.165, 1.54) is 26.9 Å². The number of nitrogens with zero attached hydrogens (tertiary/aromatic N) is 2. The van der Waals surface area contributed by atoms with Crippen molar-refractivity contribution in [1.82, 2.24) is 20.5 Å². The summed E-state index contributed by atoms with van der Waals surface area (Å²) in [5, 5.41) is 10.1. The molecule has 3 rings (SSSR count). The van der Waals surface area contributed by atoms with Crippen molar-refractivity contribution in [1.29, 1.82) is 0 Å². The monoisotopic (exact) mass is 411 g/mol. The lowest BCUT2D eigenvalue weighted by molar-refractivity contribution is -0.127. The number of aromatic amines is 1. The second-order valence-corrected chi connectivity index (χ2v) is 8.23. The fourth-order valence-corrected chi connectivity index (χ4v) is 3.82. The molecule has 3 N–H and O–H groups in total. The number of hydrogen-bond acceptors (Lipinski definition) is 3. The molecule has 29 heavy (non-hydrogen) atoms. The lowest BCUT2D eigenvalue weighted by Gasteiger charge is -2.13. The first-order valence-electron chi connectivity index (χ1n) is 9.85. The topological polar surface area (TPSA) is 72.5 Å². The number of fused-ring (bicyclic) bond motifs is 1. The van der Waals surface area contributed by atoms with Gasteiger partial charge in [0.25, 0.3) is 0 Å². The Kier molecular flexibility index (Phi) is 7.30. The second kappa shape index (κ2) is 10.1. The molecule has 0 fully saturated rings. The molecule has 0 saturated heterocycles. The average Bonchev–Trinajstić information content (AvgIpc) is 3.36. The van der Waals surface area contributed by atoms with E-state index in [1.807, 2.05) is 0 Å². The predicted octanol–water partition coefficient (Wildman–Crippen LogP) is 2.95. The van der Waals surface area contributed by atoms with Gasteiger partial charge in [0.05, 0.1) is 0 Å². The van der Waals surface area contributed by atoms with Crippen molar-refractivity contribution in [3.05, 3.63) is 57.9 Å². The molecule has 0 unspecified atom stereocenters. The van der Waals surface area contributed by atoms with E-state index >= 15 is 0 Å². The SMILES string of the molecule is Cc1cccc2c(CCNC(=NCC(=O)N(C)C)NCCc3cccs3)c[nH]c12. The van der Waals surface area contributed by atoms with Gasteiger partial charge in [-0.2, -0.15) is 0 Å². The fourth-order valence-electron chi connectivity index (χ4n) is 3.11. The fraction of sp³-hybridized carbons (Fsp3) is 0.364. The lowest BCUT2D eigenvalue weighted by atomic mass is 10.1. The highest BCUT2D eigenvalue weighted by molar-refractivity contribution is 7.09. The standard InChI is InChI=1S/C22H29N5OS/c1-16-6-4-8-19-17(14-25-21(16)19)9-11-23-22(26-15-20(28)27(2)3)24-12-10-18-7-5-13-29-18/h4-8,13-14,25H,9-12,15H2,1-3H3,(H2,23,24,26). The van der Waals surface area contributed by atoms with Crippen molar-refractivity contribution in [2.24, 2.45) is 4.99 Å². The van der Waals surface area contributed by atoms with E-state index in [1.54, 1.807) is 30.3 Å². The Bertz CT molecular complexity index is 959. The third-order valence-electron chi connectivity index (χ3n) is 4.81. The Morgan fingerprint density at radius 3 is 2.66 bits per heavy atom. The maximum atomic E-state index is 11.9. The van der Waals surface area contributed by atoms with Gasteiger partial charge in [0.2, 0.25) is 5.91 Å². The molecule has 7 heteroatoms. The van der Waals surface area contributed by atoms with Crippen LogP contribution in [0.15, 0.2) is 46.9 Å². The minimum Gasteiger partial charge on any atom is -0.361 e. The quantitative estimate of drug-likeness (QED) is 0.394. The first kappa shape index (κ1) is 20.9. The number of carbonyl (C=O) groups is 1. The molecule has 6 nitrogen and oxygen atoms in total. The van der Waals surface area contributed by atoms with E-state index in [-0.39, 0.29) is 12.5 Å². The number of guanidine groups is 1. The third-order valence-corrected chi connectivity index (χ3v) is 5.75. The summed E-state index contributed by atoms with van der Waals surface area (Å²) >= 11 is 1.75. The Labute approximate surface area is 176 Å². The van der Waals surface area contributed by atoms with Crippen LogP contribution in [-0.4, -0.2) is 55.5 Å². The van der Waals surface area contributed by atoms with Crippen molar-refractivity contribution in [3.63, 3.8) is 0 Å². The van der Waals surface area contributed by atoms with E-state index in [9.17, 15) is 4.79 Å². The van der Waals surface area contributed by atoms with Gasteiger partial charge in [-0.1, -0.05) is 24.3 Å². The summed E-state index contributed by atoms with van der Waals surface area (Å²) in [6.07, 6.45) is 3.88. The summed E-state index contributed by atoms with van der Waals surface area (Å²) in [4.78, 5) is 22.6. The summed E-state index contributed by atoms with van der Waals surface area (Å²) in [6.45, 7) is 3.76. The van der Waals surface area contributed by atoms with Crippen LogP contribution in [0.4, 0.5) is 0 Å². The highest BCUT2D eigenvalue weighted by Crippen LogP contribution is 2.21. The van der Waals surface area contributed by atoms with Gasteiger partial charge >= 0.3 is 0 Å². The number of aromatic nitrogens is 1.